The third-order valence-corrected chi connectivity index (χ3v) is 3.13. The molecule has 0 aromatic heterocycles. The molecule has 17 heavy (non-hydrogen) atoms. The Labute approximate surface area is 107 Å². The van der Waals surface area contributed by atoms with Gasteiger partial charge in [0.05, 0.1) is 5.02 Å². The van der Waals surface area contributed by atoms with E-state index in [1.165, 1.54) is 6.07 Å². The van der Waals surface area contributed by atoms with Crippen LogP contribution >= 0.6 is 11.6 Å². The van der Waals surface area contributed by atoms with Crippen LogP contribution in [0.5, 0.6) is 0 Å². The van der Waals surface area contributed by atoms with Gasteiger partial charge in [-0.15, -0.1) is 0 Å². The van der Waals surface area contributed by atoms with Crippen molar-refractivity contribution in [2.45, 2.75) is 19.9 Å². The van der Waals surface area contributed by atoms with E-state index in [1.54, 1.807) is 12.1 Å². The predicted octanol–water partition coefficient (Wildman–Crippen LogP) is 2.93. The predicted molar refractivity (Wildman–Crippen MR) is 68.6 cm³/mol. The number of rotatable bonds is 6. The average Bonchev–Trinajstić information content (AvgIpc) is 2.31. The molecule has 0 spiro atoms. The zero-order chi connectivity index (χ0) is 12.8. The number of hydrogen-bond acceptors (Lipinski definition) is 2. The maximum Gasteiger partial charge on any atom is 0.141 e. The Morgan fingerprint density at radius 3 is 2.71 bits per heavy atom. The van der Waals surface area contributed by atoms with E-state index in [9.17, 15) is 4.39 Å². The van der Waals surface area contributed by atoms with Gasteiger partial charge >= 0.3 is 0 Å². The summed E-state index contributed by atoms with van der Waals surface area (Å²) in [6.45, 7) is 3.78. The normalized spacial score (nSPS) is 13.1. The van der Waals surface area contributed by atoms with Crippen molar-refractivity contribution in [2.75, 3.05) is 20.2 Å². The van der Waals surface area contributed by atoms with Crippen molar-refractivity contribution in [3.05, 3.63) is 34.6 Å². The molecule has 0 radical (unpaired) electrons. The summed E-state index contributed by atoms with van der Waals surface area (Å²) in [6, 6.07) is 4.76. The lowest BCUT2D eigenvalue weighted by Gasteiger charge is -2.21. The Bertz CT molecular complexity index is 355. The van der Waals surface area contributed by atoms with Crippen molar-refractivity contribution in [1.29, 1.82) is 0 Å². The minimum Gasteiger partial charge on any atom is -0.396 e. The van der Waals surface area contributed by atoms with Crippen LogP contribution in [0.25, 0.3) is 0 Å². The van der Waals surface area contributed by atoms with Gasteiger partial charge in [0, 0.05) is 19.7 Å². The second-order valence-electron chi connectivity index (χ2n) is 4.40. The fraction of sp³-hybridized carbons (Fsp3) is 0.538. The van der Waals surface area contributed by atoms with Crippen LogP contribution < -0.4 is 0 Å². The van der Waals surface area contributed by atoms with Crippen molar-refractivity contribution in [2.24, 2.45) is 5.92 Å². The van der Waals surface area contributed by atoms with Crippen LogP contribution in [0, 0.1) is 11.7 Å². The SMILES string of the molecule is CCC(CO)CN(C)Cc1ccc(F)c(Cl)c1. The molecule has 0 aliphatic rings. The first-order valence-corrected chi connectivity index (χ1v) is 6.18. The Morgan fingerprint density at radius 2 is 2.18 bits per heavy atom. The first kappa shape index (κ1) is 14.4. The molecule has 0 saturated heterocycles. The van der Waals surface area contributed by atoms with E-state index in [4.69, 9.17) is 16.7 Å². The largest absolute Gasteiger partial charge is 0.396 e. The van der Waals surface area contributed by atoms with Crippen molar-refractivity contribution in [3.63, 3.8) is 0 Å². The lowest BCUT2D eigenvalue weighted by atomic mass is 10.1. The molecule has 0 bridgehead atoms. The van der Waals surface area contributed by atoms with E-state index in [0.717, 1.165) is 18.5 Å². The summed E-state index contributed by atoms with van der Waals surface area (Å²) in [5, 5.41) is 9.28. The maximum atomic E-state index is 13.0. The summed E-state index contributed by atoms with van der Waals surface area (Å²) in [6.07, 6.45) is 0.949. The summed E-state index contributed by atoms with van der Waals surface area (Å²) in [7, 11) is 1.98. The lowest BCUT2D eigenvalue weighted by molar-refractivity contribution is 0.173. The van der Waals surface area contributed by atoms with Gasteiger partial charge in [0.2, 0.25) is 0 Å². The van der Waals surface area contributed by atoms with Gasteiger partial charge < -0.3 is 10.0 Å². The third-order valence-electron chi connectivity index (χ3n) is 2.84. The Hall–Kier alpha value is -0.640. The van der Waals surface area contributed by atoms with Gasteiger partial charge in [-0.05, 0) is 37.1 Å². The molecule has 0 heterocycles. The van der Waals surface area contributed by atoms with Gasteiger partial charge in [0.15, 0.2) is 0 Å². The van der Waals surface area contributed by atoms with E-state index in [1.807, 2.05) is 7.05 Å². The van der Waals surface area contributed by atoms with Gasteiger partial charge in [-0.25, -0.2) is 4.39 Å². The summed E-state index contributed by atoms with van der Waals surface area (Å²) >= 11 is 5.72. The first-order chi connectivity index (χ1) is 8.06. The van der Waals surface area contributed by atoms with Crippen LogP contribution in [0.15, 0.2) is 18.2 Å². The molecule has 96 valence electrons. The zero-order valence-electron chi connectivity index (χ0n) is 10.3. The number of hydrogen-bond donors (Lipinski definition) is 1. The maximum absolute atomic E-state index is 13.0. The highest BCUT2D eigenvalue weighted by molar-refractivity contribution is 6.30. The molecule has 0 fully saturated rings. The molecule has 0 aliphatic carbocycles. The highest BCUT2D eigenvalue weighted by atomic mass is 35.5. The van der Waals surface area contributed by atoms with Crippen LogP contribution in [0.4, 0.5) is 4.39 Å². The quantitative estimate of drug-likeness (QED) is 0.849. The second-order valence-corrected chi connectivity index (χ2v) is 4.81. The third kappa shape index (κ3) is 4.62. The van der Waals surface area contributed by atoms with Gasteiger partial charge in [-0.3, -0.25) is 0 Å². The van der Waals surface area contributed by atoms with Crippen molar-refractivity contribution in [3.8, 4) is 0 Å². The molecular formula is C13H19ClFNO. The molecule has 0 amide bonds. The molecule has 2 nitrogen and oxygen atoms in total. The van der Waals surface area contributed by atoms with E-state index in [0.29, 0.717) is 6.54 Å². The molecule has 0 saturated carbocycles. The Kier molecular flexibility index (Phi) is 5.89. The van der Waals surface area contributed by atoms with Crippen LogP contribution in [0.1, 0.15) is 18.9 Å². The fourth-order valence-electron chi connectivity index (χ4n) is 1.77. The van der Waals surface area contributed by atoms with Crippen LogP contribution in [0.3, 0.4) is 0 Å². The Balaban J connectivity index is 2.55. The molecule has 4 heteroatoms. The number of aliphatic hydroxyl groups is 1. The van der Waals surface area contributed by atoms with Crippen LogP contribution in [-0.4, -0.2) is 30.2 Å². The van der Waals surface area contributed by atoms with E-state index < -0.39 is 0 Å². The van der Waals surface area contributed by atoms with Gasteiger partial charge in [0.1, 0.15) is 5.82 Å². The lowest BCUT2D eigenvalue weighted by Crippen LogP contribution is -2.27. The highest BCUT2D eigenvalue weighted by Crippen LogP contribution is 2.17. The van der Waals surface area contributed by atoms with Crippen LogP contribution in [0.2, 0.25) is 5.02 Å². The first-order valence-electron chi connectivity index (χ1n) is 5.80. The summed E-state index contributed by atoms with van der Waals surface area (Å²) in [4.78, 5) is 2.11. The van der Waals surface area contributed by atoms with Crippen molar-refractivity contribution < 1.29 is 9.50 Å². The second kappa shape index (κ2) is 6.94. The van der Waals surface area contributed by atoms with Gasteiger partial charge in [0.25, 0.3) is 0 Å². The van der Waals surface area contributed by atoms with E-state index >= 15 is 0 Å². The van der Waals surface area contributed by atoms with Gasteiger partial charge in [-0.2, -0.15) is 0 Å². The van der Waals surface area contributed by atoms with Crippen molar-refractivity contribution >= 4 is 11.6 Å². The molecule has 1 unspecified atom stereocenters. The molecule has 1 N–H and O–H groups in total. The Morgan fingerprint density at radius 1 is 1.47 bits per heavy atom. The van der Waals surface area contributed by atoms with Gasteiger partial charge in [-0.1, -0.05) is 24.6 Å². The van der Waals surface area contributed by atoms with E-state index in [2.05, 4.69) is 11.8 Å². The molecule has 0 aliphatic heterocycles. The number of halogens is 2. The highest BCUT2D eigenvalue weighted by Gasteiger charge is 2.09. The standard InChI is InChI=1S/C13H19ClFNO/c1-3-10(9-17)7-16(2)8-11-4-5-13(15)12(14)6-11/h4-6,10,17H,3,7-9H2,1-2H3. The summed E-state index contributed by atoms with van der Waals surface area (Å²) < 4.78 is 13.0. The summed E-state index contributed by atoms with van der Waals surface area (Å²) in [5.74, 6) is -0.101. The molecule has 1 aromatic rings. The van der Waals surface area contributed by atoms with Crippen molar-refractivity contribution in [1.82, 2.24) is 4.90 Å². The monoisotopic (exact) mass is 259 g/mol. The zero-order valence-corrected chi connectivity index (χ0v) is 11.0. The average molecular weight is 260 g/mol. The fourth-order valence-corrected chi connectivity index (χ4v) is 1.97. The number of aliphatic hydroxyl groups excluding tert-OH is 1. The minimum absolute atomic E-state index is 0.157. The summed E-state index contributed by atoms with van der Waals surface area (Å²) in [5.41, 5.74) is 0.978. The van der Waals surface area contributed by atoms with E-state index in [-0.39, 0.29) is 23.4 Å². The molecule has 1 atom stereocenters. The van der Waals surface area contributed by atoms with Crippen LogP contribution in [-0.2, 0) is 6.54 Å². The topological polar surface area (TPSA) is 23.5 Å². The molecule has 1 rings (SSSR count). The number of nitrogens with zero attached hydrogens (tertiary/aromatic N) is 1. The molecular weight excluding hydrogens is 241 g/mol. The minimum atomic E-state index is -0.389. The smallest absolute Gasteiger partial charge is 0.141 e. The number of benzene rings is 1. The molecule has 1 aromatic carbocycles.